The van der Waals surface area contributed by atoms with Gasteiger partial charge in [-0.25, -0.2) is 0 Å². The van der Waals surface area contributed by atoms with Crippen LogP contribution in [0.5, 0.6) is 0 Å². The molecular formula is C15H12Cl3Hf-5. The van der Waals surface area contributed by atoms with Gasteiger partial charge in [-0.1, -0.05) is 6.07 Å². The summed E-state index contributed by atoms with van der Waals surface area (Å²) >= 11 is 0. The molecule has 0 unspecified atom stereocenters. The molecule has 0 spiro atoms. The maximum absolute atomic E-state index is 2.89. The predicted octanol–water partition coefficient (Wildman–Crippen LogP) is -4.95. The fourth-order valence-corrected chi connectivity index (χ4v) is 1.41. The standard InChI is InChI=1S/C9H7.C6H5.3ClH.Hf/c1-2-5-9-7-3-6-8(9)4-1;1-2-4-6-5-3-1;;;;/h1-7H;1-5H;3*1H;/q2*-1;;;;/p-3. The summed E-state index contributed by atoms with van der Waals surface area (Å²) in [7, 11) is 0. The number of hydrogen-bond acceptors (Lipinski definition) is 0. The Hall–Kier alpha value is -0.210. The van der Waals surface area contributed by atoms with E-state index in [1.165, 1.54) is 10.8 Å². The van der Waals surface area contributed by atoms with E-state index >= 15 is 0 Å². The van der Waals surface area contributed by atoms with E-state index in [-0.39, 0.29) is 63.1 Å². The fourth-order valence-electron chi connectivity index (χ4n) is 1.41. The zero-order valence-electron chi connectivity index (χ0n) is 10.1. The van der Waals surface area contributed by atoms with E-state index in [4.69, 9.17) is 0 Å². The number of fused-ring (bicyclic) bond motifs is 1. The Morgan fingerprint density at radius 2 is 1.37 bits per heavy atom. The smallest absolute Gasteiger partial charge is 0 e. The van der Waals surface area contributed by atoms with Crippen LogP contribution in [-0.2, 0) is 25.8 Å². The number of benzene rings is 2. The molecule has 0 fully saturated rings. The Kier molecular flexibility index (Phi) is 17.8. The van der Waals surface area contributed by atoms with Gasteiger partial charge in [0.05, 0.1) is 0 Å². The molecule has 0 saturated carbocycles. The average molecular weight is 477 g/mol. The van der Waals surface area contributed by atoms with E-state index in [0.29, 0.717) is 0 Å². The molecule has 0 aliphatic carbocycles. The molecule has 0 N–H and O–H groups in total. The molecule has 3 rings (SSSR count). The third-order valence-corrected chi connectivity index (χ3v) is 2.15. The molecule has 0 bridgehead atoms. The van der Waals surface area contributed by atoms with E-state index in [9.17, 15) is 0 Å². The van der Waals surface area contributed by atoms with Crippen LogP contribution >= 0.6 is 0 Å². The molecule has 0 aliphatic rings. The minimum Gasteiger partial charge on any atom is -1.00 e. The number of rotatable bonds is 0. The molecule has 0 radical (unpaired) electrons. The molecule has 102 valence electrons. The molecule has 0 aromatic heterocycles. The van der Waals surface area contributed by atoms with Gasteiger partial charge in [0.15, 0.2) is 0 Å². The van der Waals surface area contributed by atoms with Crippen molar-refractivity contribution in [3.05, 3.63) is 78.9 Å². The second kappa shape index (κ2) is 14.2. The maximum atomic E-state index is 2.89. The van der Waals surface area contributed by atoms with Crippen LogP contribution in [0.1, 0.15) is 0 Å². The largest absolute Gasteiger partial charge is 1.00 e. The van der Waals surface area contributed by atoms with Gasteiger partial charge in [-0.15, -0.1) is 29.7 Å². The molecule has 4 heteroatoms. The predicted molar refractivity (Wildman–Crippen MR) is 64.8 cm³/mol. The molecule has 3 aromatic carbocycles. The average Bonchev–Trinajstić information content (AvgIpc) is 2.80. The molecule has 0 nitrogen and oxygen atoms in total. The molecular weight excluding hydrogens is 465 g/mol. The SMILES string of the molecule is [Cl-].[Cl-].[Cl-].[Hf].[c-]1ccccc1.c1ccc2[cH-]ccc2c1. The van der Waals surface area contributed by atoms with Crippen LogP contribution in [0.25, 0.3) is 10.8 Å². The van der Waals surface area contributed by atoms with Gasteiger partial charge in [-0.2, -0.15) is 53.9 Å². The molecule has 0 amide bonds. The van der Waals surface area contributed by atoms with Gasteiger partial charge >= 0.3 is 0 Å². The van der Waals surface area contributed by atoms with Crippen molar-refractivity contribution in [3.63, 3.8) is 0 Å². The first-order valence-electron chi connectivity index (χ1n) is 4.98. The van der Waals surface area contributed by atoms with Gasteiger partial charge in [0.1, 0.15) is 0 Å². The molecule has 0 atom stereocenters. The monoisotopic (exact) mass is 477 g/mol. The molecule has 19 heavy (non-hydrogen) atoms. The molecule has 0 saturated heterocycles. The fraction of sp³-hybridized carbons (Fsp3) is 0. The summed E-state index contributed by atoms with van der Waals surface area (Å²) in [5.74, 6) is 0. The summed E-state index contributed by atoms with van der Waals surface area (Å²) in [6.07, 6.45) is 0. The normalized spacial score (nSPS) is 7.37. The quantitative estimate of drug-likeness (QED) is 0.225. The van der Waals surface area contributed by atoms with E-state index in [0.717, 1.165) is 0 Å². The summed E-state index contributed by atoms with van der Waals surface area (Å²) in [5, 5.41) is 2.66. The van der Waals surface area contributed by atoms with Crippen LogP contribution in [0, 0.1) is 6.07 Å². The second-order valence-electron chi connectivity index (χ2n) is 3.23. The van der Waals surface area contributed by atoms with E-state index in [1.807, 2.05) is 30.3 Å². The third kappa shape index (κ3) is 8.54. The third-order valence-electron chi connectivity index (χ3n) is 2.15. The van der Waals surface area contributed by atoms with Crippen LogP contribution in [-0.4, -0.2) is 0 Å². The van der Waals surface area contributed by atoms with E-state index < -0.39 is 0 Å². The van der Waals surface area contributed by atoms with E-state index in [1.54, 1.807) is 0 Å². The van der Waals surface area contributed by atoms with Crippen molar-refractivity contribution in [3.8, 4) is 0 Å². The first-order valence-corrected chi connectivity index (χ1v) is 4.98. The summed E-state index contributed by atoms with van der Waals surface area (Å²) in [6, 6.07) is 27.2. The Labute approximate surface area is 152 Å². The van der Waals surface area contributed by atoms with Crippen molar-refractivity contribution >= 4 is 10.8 Å². The molecule has 3 aromatic rings. The van der Waals surface area contributed by atoms with Gasteiger partial charge in [0.2, 0.25) is 0 Å². The Morgan fingerprint density at radius 3 is 1.84 bits per heavy atom. The number of hydrogen-bond donors (Lipinski definition) is 0. The summed E-state index contributed by atoms with van der Waals surface area (Å²) < 4.78 is 0. The van der Waals surface area contributed by atoms with Gasteiger partial charge < -0.3 is 37.2 Å². The van der Waals surface area contributed by atoms with Crippen molar-refractivity contribution < 1.29 is 63.1 Å². The van der Waals surface area contributed by atoms with Crippen LogP contribution in [0.4, 0.5) is 0 Å². The van der Waals surface area contributed by atoms with Gasteiger partial charge in [-0.05, 0) is 0 Å². The topological polar surface area (TPSA) is 0 Å². The zero-order chi connectivity index (χ0) is 10.3. The van der Waals surface area contributed by atoms with Crippen molar-refractivity contribution in [2.45, 2.75) is 0 Å². The van der Waals surface area contributed by atoms with Crippen LogP contribution in [0.3, 0.4) is 0 Å². The minimum absolute atomic E-state index is 0. The van der Waals surface area contributed by atoms with Crippen molar-refractivity contribution in [1.82, 2.24) is 0 Å². The van der Waals surface area contributed by atoms with Crippen LogP contribution < -0.4 is 37.2 Å². The van der Waals surface area contributed by atoms with Crippen LogP contribution in [0.2, 0.25) is 0 Å². The summed E-state index contributed by atoms with van der Waals surface area (Å²) in [4.78, 5) is 0. The van der Waals surface area contributed by atoms with Crippen molar-refractivity contribution in [2.24, 2.45) is 0 Å². The number of halogens is 3. The summed E-state index contributed by atoms with van der Waals surface area (Å²) in [6.45, 7) is 0. The van der Waals surface area contributed by atoms with Gasteiger partial charge in [-0.3, -0.25) is 0 Å². The van der Waals surface area contributed by atoms with Crippen LogP contribution in [0.15, 0.2) is 72.8 Å². The molecule has 0 aliphatic heterocycles. The minimum atomic E-state index is 0. The molecule has 0 heterocycles. The Balaban J connectivity index is -0.000000234. The first-order chi connectivity index (χ1) is 7.47. The van der Waals surface area contributed by atoms with Gasteiger partial charge in [0.25, 0.3) is 0 Å². The maximum Gasteiger partial charge on any atom is 0 e. The van der Waals surface area contributed by atoms with Crippen molar-refractivity contribution in [1.29, 1.82) is 0 Å². The first kappa shape index (κ1) is 23.9. The van der Waals surface area contributed by atoms with Gasteiger partial charge in [0, 0.05) is 25.8 Å². The van der Waals surface area contributed by atoms with Crippen molar-refractivity contribution in [2.75, 3.05) is 0 Å². The summed E-state index contributed by atoms with van der Waals surface area (Å²) in [5.41, 5.74) is 0. The Bertz CT molecular complexity index is 452. The second-order valence-corrected chi connectivity index (χ2v) is 3.23. The van der Waals surface area contributed by atoms with E-state index in [2.05, 4.69) is 48.5 Å². The Morgan fingerprint density at radius 1 is 0.737 bits per heavy atom. The zero-order valence-corrected chi connectivity index (χ0v) is 15.9.